The number of carbonyl (C=O) groups excluding carboxylic acids is 1. The molecule has 1 amide bonds. The summed E-state index contributed by atoms with van der Waals surface area (Å²) in [4.78, 5) is 20.5. The van der Waals surface area contributed by atoms with Crippen LogP contribution in [0.5, 0.6) is 11.5 Å². The van der Waals surface area contributed by atoms with E-state index in [1.165, 1.54) is 38.5 Å². The van der Waals surface area contributed by atoms with Gasteiger partial charge in [-0.15, -0.1) is 11.8 Å². The number of rotatable bonds is 9. The summed E-state index contributed by atoms with van der Waals surface area (Å²) >= 11 is 1.04. The van der Waals surface area contributed by atoms with E-state index in [1.807, 2.05) is 0 Å². The quantitative estimate of drug-likeness (QED) is 0.171. The van der Waals surface area contributed by atoms with Crippen LogP contribution in [0, 0.1) is 23.0 Å². The van der Waals surface area contributed by atoms with Crippen LogP contribution in [0.15, 0.2) is 40.3 Å². The van der Waals surface area contributed by atoms with Gasteiger partial charge in [-0.3, -0.25) is 0 Å². The maximum absolute atomic E-state index is 16.4. The van der Waals surface area contributed by atoms with Gasteiger partial charge in [-0.25, -0.2) is 18.6 Å². The van der Waals surface area contributed by atoms with Crippen molar-refractivity contribution < 1.29 is 27.5 Å². The summed E-state index contributed by atoms with van der Waals surface area (Å²) < 4.78 is 47.7. The summed E-state index contributed by atoms with van der Waals surface area (Å²) in [5.74, 6) is -1.19. The monoisotopic (exact) mass is 575 g/mol. The summed E-state index contributed by atoms with van der Waals surface area (Å²) in [6, 6.07) is 8.42. The molecule has 2 aromatic rings. The number of ether oxygens (including phenoxy) is 2. The van der Waals surface area contributed by atoms with E-state index in [0.29, 0.717) is 5.75 Å². The molecule has 0 atom stereocenters. The molecule has 0 N–H and O–H groups in total. The minimum absolute atomic E-state index is 0.00402. The average Bonchev–Trinajstić information content (AvgIpc) is 2.89. The van der Waals surface area contributed by atoms with E-state index in [1.54, 1.807) is 12.3 Å². The van der Waals surface area contributed by atoms with Gasteiger partial charge >= 0.3 is 6.09 Å². The van der Waals surface area contributed by atoms with E-state index in [4.69, 9.17) is 14.4 Å². The number of hydrogen-bond acceptors (Lipinski definition) is 7. The highest BCUT2D eigenvalue weighted by atomic mass is 32.2. The lowest BCUT2D eigenvalue weighted by Crippen LogP contribution is -2.51. The molecule has 210 valence electrons. The molecule has 2 rings (SSSR count). The molecular formula is C28H35F2N3O4SSi. The fourth-order valence-electron chi connectivity index (χ4n) is 4.82. The van der Waals surface area contributed by atoms with E-state index < -0.39 is 26.0 Å². The third-order valence-corrected chi connectivity index (χ3v) is 13.2. The SMILES string of the molecule is COC(=O)/N=C(SC)/C(=N/c1ccc(C#N)c(F)c1)c1cc(OC)cc(O[Si](C(C)C)(C(C)C)C(C)C)c1F. The first-order valence-electron chi connectivity index (χ1n) is 12.4. The van der Waals surface area contributed by atoms with Gasteiger partial charge in [0.1, 0.15) is 34.1 Å². The molecule has 7 nitrogen and oxygen atoms in total. The molecule has 0 bridgehead atoms. The zero-order valence-electron chi connectivity index (χ0n) is 23.8. The lowest BCUT2D eigenvalue weighted by molar-refractivity contribution is 0.183. The van der Waals surface area contributed by atoms with Crippen LogP contribution in [0.3, 0.4) is 0 Å². The Hall–Kier alpha value is -3.23. The van der Waals surface area contributed by atoms with Gasteiger partial charge in [0.15, 0.2) is 5.82 Å². The van der Waals surface area contributed by atoms with Crippen molar-refractivity contribution in [3.63, 3.8) is 0 Å². The third-order valence-electron chi connectivity index (χ3n) is 6.57. The van der Waals surface area contributed by atoms with Crippen LogP contribution >= 0.6 is 11.8 Å². The number of aliphatic imine (C=N–C) groups is 2. The maximum atomic E-state index is 16.4. The van der Waals surface area contributed by atoms with Crippen LogP contribution < -0.4 is 9.16 Å². The summed E-state index contributed by atoms with van der Waals surface area (Å²) in [7, 11) is 0.0393. The number of carbonyl (C=O) groups is 1. The van der Waals surface area contributed by atoms with Crippen LogP contribution in [-0.2, 0) is 4.74 Å². The van der Waals surface area contributed by atoms with Gasteiger partial charge in [-0.1, -0.05) is 41.5 Å². The number of amides is 1. The lowest BCUT2D eigenvalue weighted by atomic mass is 10.1. The average molecular weight is 576 g/mol. The van der Waals surface area contributed by atoms with Crippen molar-refractivity contribution in [3.05, 3.63) is 53.1 Å². The molecule has 39 heavy (non-hydrogen) atoms. The van der Waals surface area contributed by atoms with Gasteiger partial charge < -0.3 is 13.9 Å². The molecule has 0 aliphatic heterocycles. The summed E-state index contributed by atoms with van der Waals surface area (Å²) in [6.45, 7) is 12.5. The molecular weight excluding hydrogens is 540 g/mol. The van der Waals surface area contributed by atoms with Crippen molar-refractivity contribution in [2.45, 2.75) is 58.2 Å². The Kier molecular flexibility index (Phi) is 11.2. The predicted molar refractivity (Wildman–Crippen MR) is 155 cm³/mol. The van der Waals surface area contributed by atoms with E-state index in [0.717, 1.165) is 17.8 Å². The van der Waals surface area contributed by atoms with Crippen molar-refractivity contribution in [3.8, 4) is 17.6 Å². The topological polar surface area (TPSA) is 93.3 Å². The smallest absolute Gasteiger partial charge is 0.434 e. The zero-order valence-corrected chi connectivity index (χ0v) is 25.6. The van der Waals surface area contributed by atoms with Crippen LogP contribution in [0.4, 0.5) is 19.3 Å². The second kappa shape index (κ2) is 13.7. The second-order valence-corrected chi connectivity index (χ2v) is 15.9. The number of benzene rings is 2. The van der Waals surface area contributed by atoms with Crippen LogP contribution in [0.25, 0.3) is 0 Å². The first-order valence-corrected chi connectivity index (χ1v) is 15.8. The number of nitriles is 1. The number of hydrogen-bond donors (Lipinski definition) is 0. The summed E-state index contributed by atoms with van der Waals surface area (Å²) in [5, 5.41) is 9.11. The van der Waals surface area contributed by atoms with E-state index in [-0.39, 0.29) is 49.9 Å². The Bertz CT molecular complexity index is 1280. The molecule has 0 unspecified atom stereocenters. The maximum Gasteiger partial charge on any atom is 0.434 e. The van der Waals surface area contributed by atoms with Gasteiger partial charge in [0.2, 0.25) is 0 Å². The molecule has 0 fully saturated rings. The lowest BCUT2D eigenvalue weighted by Gasteiger charge is -2.42. The Labute approximate surface area is 234 Å². The predicted octanol–water partition coefficient (Wildman–Crippen LogP) is 8.05. The fraction of sp³-hybridized carbons (Fsp3) is 0.429. The minimum atomic E-state index is -2.58. The van der Waals surface area contributed by atoms with Crippen molar-refractivity contribution in [2.24, 2.45) is 9.98 Å². The molecule has 0 aliphatic rings. The van der Waals surface area contributed by atoms with E-state index in [2.05, 4.69) is 56.3 Å². The van der Waals surface area contributed by atoms with Crippen LogP contribution in [0.2, 0.25) is 16.6 Å². The van der Waals surface area contributed by atoms with Crippen molar-refractivity contribution in [1.82, 2.24) is 0 Å². The molecule has 0 heterocycles. The van der Waals surface area contributed by atoms with Gasteiger partial charge in [-0.05, 0) is 41.1 Å². The Balaban J connectivity index is 2.92. The minimum Gasteiger partial charge on any atom is -0.541 e. The molecule has 0 spiro atoms. The van der Waals surface area contributed by atoms with Crippen molar-refractivity contribution >= 4 is 42.6 Å². The number of halogens is 2. The number of nitrogens with zero attached hydrogens (tertiary/aromatic N) is 3. The molecule has 0 radical (unpaired) electrons. The molecule has 0 aliphatic carbocycles. The third kappa shape index (κ3) is 7.05. The van der Waals surface area contributed by atoms with Crippen LogP contribution in [-0.4, -0.2) is 45.6 Å². The van der Waals surface area contributed by atoms with Crippen molar-refractivity contribution in [1.29, 1.82) is 5.26 Å². The molecule has 0 saturated heterocycles. The highest BCUT2D eigenvalue weighted by molar-refractivity contribution is 8.15. The van der Waals surface area contributed by atoms with Crippen LogP contribution in [0.1, 0.15) is 52.7 Å². The van der Waals surface area contributed by atoms with E-state index in [9.17, 15) is 9.18 Å². The first kappa shape index (κ1) is 32.0. The second-order valence-electron chi connectivity index (χ2n) is 9.73. The highest BCUT2D eigenvalue weighted by Crippen LogP contribution is 2.44. The van der Waals surface area contributed by atoms with Crippen molar-refractivity contribution in [2.75, 3.05) is 20.5 Å². The Morgan fingerprint density at radius 1 is 1.03 bits per heavy atom. The normalized spacial score (nSPS) is 12.6. The largest absolute Gasteiger partial charge is 0.541 e. The molecule has 2 aromatic carbocycles. The fourth-order valence-corrected chi connectivity index (χ4v) is 10.6. The van der Waals surface area contributed by atoms with Gasteiger partial charge in [0, 0.05) is 17.7 Å². The standard InChI is InChI=1S/C28H35F2N3O4SSi/c1-16(2)39(17(3)4,18(5)6)37-24-14-21(35-7)13-22(25(24)30)26(27(38-9)33-28(34)36-8)32-20-11-10-19(15-31)23(29)12-20/h10-14,16-18H,1-9H3/b32-26+,33-27-. The number of thioether (sulfide) groups is 1. The van der Waals surface area contributed by atoms with Gasteiger partial charge in [0.25, 0.3) is 8.32 Å². The Morgan fingerprint density at radius 2 is 1.64 bits per heavy atom. The molecule has 0 aromatic heterocycles. The molecule has 0 saturated carbocycles. The van der Waals surface area contributed by atoms with Gasteiger partial charge in [0.05, 0.1) is 25.5 Å². The summed E-state index contributed by atoms with van der Waals surface area (Å²) in [5.41, 5.74) is 0.337. The molecule has 11 heteroatoms. The zero-order chi connectivity index (χ0) is 29.5. The van der Waals surface area contributed by atoms with E-state index >= 15 is 4.39 Å². The highest BCUT2D eigenvalue weighted by Gasteiger charge is 2.47. The first-order chi connectivity index (χ1) is 18.4. The number of methoxy groups -OCH3 is 2. The van der Waals surface area contributed by atoms with Gasteiger partial charge in [-0.2, -0.15) is 10.3 Å². The Morgan fingerprint density at radius 3 is 2.10 bits per heavy atom. The summed E-state index contributed by atoms with van der Waals surface area (Å²) in [6.07, 6.45) is 0.726.